The molecule has 3 fully saturated rings. The summed E-state index contributed by atoms with van der Waals surface area (Å²) in [4.78, 5) is 39.9. The fourth-order valence-electron chi connectivity index (χ4n) is 3.81. The van der Waals surface area contributed by atoms with Gasteiger partial charge in [0.2, 0.25) is 0 Å². The van der Waals surface area contributed by atoms with Crippen LogP contribution in [0.15, 0.2) is 30.3 Å². The summed E-state index contributed by atoms with van der Waals surface area (Å²) in [5, 5.41) is 9.77. The predicted molar refractivity (Wildman–Crippen MR) is 99.6 cm³/mol. The largest absolute Gasteiger partial charge is 0.480 e. The molecule has 0 aliphatic carbocycles. The number of hydrogen-bond donors (Lipinski definition) is 1. The lowest BCUT2D eigenvalue weighted by Crippen LogP contribution is -2.72. The summed E-state index contributed by atoms with van der Waals surface area (Å²) in [6.45, 7) is 5.58. The summed E-state index contributed by atoms with van der Waals surface area (Å²) < 4.78 is 10.8. The molecular formula is C20H26N2O6. The Morgan fingerprint density at radius 3 is 2.39 bits per heavy atom. The number of carboxylic acid groups (broad SMARTS) is 1. The van der Waals surface area contributed by atoms with Crippen LogP contribution in [0.4, 0.5) is 9.59 Å². The molecule has 0 spiro atoms. The van der Waals surface area contributed by atoms with Gasteiger partial charge in [0.15, 0.2) is 6.04 Å². The van der Waals surface area contributed by atoms with Crippen molar-refractivity contribution in [2.75, 3.05) is 6.54 Å². The van der Waals surface area contributed by atoms with Gasteiger partial charge in [0.25, 0.3) is 0 Å². The highest BCUT2D eigenvalue weighted by Gasteiger charge is 2.54. The smallest absolute Gasteiger partial charge is 0.411 e. The van der Waals surface area contributed by atoms with Gasteiger partial charge in [-0.05, 0) is 39.2 Å². The molecule has 0 aromatic heterocycles. The zero-order chi connectivity index (χ0) is 20.5. The molecule has 2 amide bonds. The first-order chi connectivity index (χ1) is 13.2. The normalized spacial score (nSPS) is 24.0. The number of hydrogen-bond acceptors (Lipinski definition) is 5. The molecule has 28 heavy (non-hydrogen) atoms. The molecule has 4 rings (SSSR count). The summed E-state index contributed by atoms with van der Waals surface area (Å²) in [7, 11) is 0. The quantitative estimate of drug-likeness (QED) is 0.853. The lowest BCUT2D eigenvalue weighted by atomic mass is 9.85. The van der Waals surface area contributed by atoms with Gasteiger partial charge in [-0.3, -0.25) is 4.90 Å². The highest BCUT2D eigenvalue weighted by atomic mass is 16.6. The van der Waals surface area contributed by atoms with E-state index in [2.05, 4.69) is 0 Å². The van der Waals surface area contributed by atoms with E-state index in [0.29, 0.717) is 12.8 Å². The van der Waals surface area contributed by atoms with E-state index >= 15 is 0 Å². The van der Waals surface area contributed by atoms with E-state index in [1.807, 2.05) is 30.3 Å². The van der Waals surface area contributed by atoms with Crippen molar-refractivity contribution in [3.8, 4) is 0 Å². The number of benzene rings is 1. The molecule has 1 N–H and O–H groups in total. The summed E-state index contributed by atoms with van der Waals surface area (Å²) in [6, 6.07) is 6.99. The Hall–Kier alpha value is -2.77. The molecule has 3 heterocycles. The van der Waals surface area contributed by atoms with Gasteiger partial charge >= 0.3 is 18.2 Å². The van der Waals surface area contributed by atoms with Crippen LogP contribution in [0.5, 0.6) is 0 Å². The highest BCUT2D eigenvalue weighted by Crippen LogP contribution is 2.35. The minimum Gasteiger partial charge on any atom is -0.480 e. The Morgan fingerprint density at radius 1 is 1.11 bits per heavy atom. The van der Waals surface area contributed by atoms with Crippen molar-refractivity contribution in [2.45, 2.75) is 63.9 Å². The molecule has 8 heteroatoms. The first-order valence-electron chi connectivity index (χ1n) is 9.39. The zero-order valence-electron chi connectivity index (χ0n) is 16.3. The number of amides is 2. The lowest BCUT2D eigenvalue weighted by Gasteiger charge is -2.53. The molecule has 3 atom stereocenters. The maximum Gasteiger partial charge on any atom is 0.411 e. The average molecular weight is 390 g/mol. The minimum atomic E-state index is -1.15. The van der Waals surface area contributed by atoms with Gasteiger partial charge in [-0.15, -0.1) is 0 Å². The van der Waals surface area contributed by atoms with E-state index in [1.54, 1.807) is 20.8 Å². The maximum atomic E-state index is 12.7. The summed E-state index contributed by atoms with van der Waals surface area (Å²) in [6.07, 6.45) is -0.0992. The lowest BCUT2D eigenvalue weighted by molar-refractivity contribution is -0.154. The molecule has 1 aromatic rings. The fraction of sp³-hybridized carbons (Fsp3) is 0.550. The van der Waals surface area contributed by atoms with Crippen LogP contribution in [0.25, 0.3) is 0 Å². The third-order valence-electron chi connectivity index (χ3n) is 4.96. The van der Waals surface area contributed by atoms with Gasteiger partial charge in [0.1, 0.15) is 12.2 Å². The number of piperidine rings is 2. The number of ether oxygens (including phenoxy) is 2. The fourth-order valence-corrected chi connectivity index (χ4v) is 3.81. The van der Waals surface area contributed by atoms with Crippen LogP contribution in [-0.2, 0) is 20.9 Å². The molecule has 3 unspecified atom stereocenters. The molecule has 0 saturated carbocycles. The molecule has 2 bridgehead atoms. The van der Waals surface area contributed by atoms with Crippen molar-refractivity contribution in [1.82, 2.24) is 9.80 Å². The van der Waals surface area contributed by atoms with Crippen LogP contribution in [0.2, 0.25) is 0 Å². The monoisotopic (exact) mass is 390 g/mol. The molecule has 3 saturated heterocycles. The zero-order valence-corrected chi connectivity index (χ0v) is 16.3. The molecular weight excluding hydrogens is 364 g/mol. The van der Waals surface area contributed by atoms with E-state index in [0.717, 1.165) is 5.56 Å². The number of aliphatic carboxylic acids is 1. The van der Waals surface area contributed by atoms with Crippen molar-refractivity contribution in [3.63, 3.8) is 0 Å². The van der Waals surface area contributed by atoms with Gasteiger partial charge < -0.3 is 19.5 Å². The second-order valence-corrected chi connectivity index (χ2v) is 8.16. The first-order valence-corrected chi connectivity index (χ1v) is 9.39. The highest BCUT2D eigenvalue weighted by molar-refractivity contribution is 5.83. The Balaban J connectivity index is 1.74. The van der Waals surface area contributed by atoms with Crippen LogP contribution in [-0.4, -0.2) is 63.3 Å². The Kier molecular flexibility index (Phi) is 5.49. The first kappa shape index (κ1) is 20.0. The number of carboxylic acids is 1. The topological polar surface area (TPSA) is 96.4 Å². The summed E-state index contributed by atoms with van der Waals surface area (Å²) >= 11 is 0. The van der Waals surface area contributed by atoms with Crippen LogP contribution in [0.1, 0.15) is 39.2 Å². The second kappa shape index (κ2) is 7.69. The molecule has 8 nitrogen and oxygen atoms in total. The van der Waals surface area contributed by atoms with Gasteiger partial charge in [0.05, 0.1) is 12.1 Å². The van der Waals surface area contributed by atoms with Crippen LogP contribution in [0.3, 0.4) is 0 Å². The summed E-state index contributed by atoms with van der Waals surface area (Å²) in [5.41, 5.74) is 0.140. The minimum absolute atomic E-state index is 0.0652. The third-order valence-corrected chi connectivity index (χ3v) is 4.96. The van der Waals surface area contributed by atoms with E-state index in [4.69, 9.17) is 9.47 Å². The molecule has 3 aliphatic rings. The molecule has 152 valence electrons. The number of rotatable bonds is 3. The van der Waals surface area contributed by atoms with Crippen molar-refractivity contribution < 1.29 is 29.0 Å². The van der Waals surface area contributed by atoms with Crippen LogP contribution in [0, 0.1) is 0 Å². The molecule has 1 aromatic carbocycles. The predicted octanol–water partition coefficient (Wildman–Crippen LogP) is 2.86. The number of carbonyl (C=O) groups is 3. The van der Waals surface area contributed by atoms with Gasteiger partial charge in [-0.25, -0.2) is 14.4 Å². The Bertz CT molecular complexity index is 745. The molecule has 0 radical (unpaired) electrons. The number of carbonyl (C=O) groups excluding carboxylic acids is 2. The van der Waals surface area contributed by atoms with Gasteiger partial charge in [-0.2, -0.15) is 0 Å². The van der Waals surface area contributed by atoms with E-state index < -0.39 is 41.9 Å². The third kappa shape index (κ3) is 4.21. The Labute approximate surface area is 164 Å². The van der Waals surface area contributed by atoms with Crippen molar-refractivity contribution in [1.29, 1.82) is 0 Å². The van der Waals surface area contributed by atoms with Crippen molar-refractivity contribution in [2.24, 2.45) is 0 Å². The van der Waals surface area contributed by atoms with Gasteiger partial charge in [0, 0.05) is 6.54 Å². The summed E-state index contributed by atoms with van der Waals surface area (Å²) in [5.74, 6) is -1.15. The second-order valence-electron chi connectivity index (χ2n) is 8.16. The van der Waals surface area contributed by atoms with Crippen LogP contribution < -0.4 is 0 Å². The van der Waals surface area contributed by atoms with Crippen LogP contribution >= 0.6 is 0 Å². The number of piperazine rings is 1. The number of fused-ring (bicyclic) bond motifs is 3. The SMILES string of the molecule is CC(C)(C)OC(=O)N1CC2CCC1C(C(=O)O)N2C(=O)OCc1ccccc1. The maximum absolute atomic E-state index is 12.7. The van der Waals surface area contributed by atoms with E-state index in [1.165, 1.54) is 9.80 Å². The standard InChI is InChI=1S/C20H26N2O6/c1-20(2,3)28-18(25)21-11-14-9-10-15(21)16(17(23)24)22(14)19(26)27-12-13-7-5-4-6-8-13/h4-8,14-16H,9-12H2,1-3H3,(H,23,24). The average Bonchev–Trinajstić information content (AvgIpc) is 2.65. The molecule has 3 aliphatic heterocycles. The van der Waals surface area contributed by atoms with Gasteiger partial charge in [-0.1, -0.05) is 30.3 Å². The Morgan fingerprint density at radius 2 is 1.79 bits per heavy atom. The van der Waals surface area contributed by atoms with Crippen molar-refractivity contribution >= 4 is 18.2 Å². The van der Waals surface area contributed by atoms with E-state index in [-0.39, 0.29) is 13.2 Å². The number of nitrogens with zero attached hydrogens (tertiary/aromatic N) is 2. The van der Waals surface area contributed by atoms with E-state index in [9.17, 15) is 19.5 Å². The van der Waals surface area contributed by atoms with Crippen molar-refractivity contribution in [3.05, 3.63) is 35.9 Å².